The van der Waals surface area contributed by atoms with E-state index < -0.39 is 10.0 Å². The second-order valence-electron chi connectivity index (χ2n) is 7.50. The molecule has 0 aliphatic carbocycles. The number of nitrogens with one attached hydrogen (secondary N) is 1. The fourth-order valence-electron chi connectivity index (χ4n) is 3.96. The lowest BCUT2D eigenvalue weighted by Crippen LogP contribution is -2.42. The van der Waals surface area contributed by atoms with Gasteiger partial charge in [0.05, 0.1) is 4.90 Å². The molecule has 27 heavy (non-hydrogen) atoms. The SMILES string of the molecule is CCC(c1ccccc1)N1CCCC(CNS(=O)(=O)c2ccc(C)cc2)C1. The van der Waals surface area contributed by atoms with E-state index in [4.69, 9.17) is 0 Å². The number of hydrogen-bond donors (Lipinski definition) is 1. The maximum atomic E-state index is 12.6. The molecule has 1 fully saturated rings. The van der Waals surface area contributed by atoms with Crippen LogP contribution in [-0.2, 0) is 10.0 Å². The molecule has 0 saturated carbocycles. The van der Waals surface area contributed by atoms with Crippen LogP contribution in [-0.4, -0.2) is 33.0 Å². The van der Waals surface area contributed by atoms with Gasteiger partial charge in [-0.05, 0) is 56.3 Å². The topological polar surface area (TPSA) is 49.4 Å². The molecule has 5 heteroatoms. The minimum atomic E-state index is -3.44. The molecule has 2 aromatic rings. The lowest BCUT2D eigenvalue weighted by atomic mass is 9.94. The van der Waals surface area contributed by atoms with Gasteiger partial charge >= 0.3 is 0 Å². The van der Waals surface area contributed by atoms with Gasteiger partial charge in [0.1, 0.15) is 0 Å². The zero-order valence-corrected chi connectivity index (χ0v) is 17.1. The fourth-order valence-corrected chi connectivity index (χ4v) is 5.07. The molecule has 2 unspecified atom stereocenters. The summed E-state index contributed by atoms with van der Waals surface area (Å²) in [5.41, 5.74) is 2.41. The second-order valence-corrected chi connectivity index (χ2v) is 9.27. The first-order chi connectivity index (χ1) is 13.0. The van der Waals surface area contributed by atoms with Gasteiger partial charge in [0, 0.05) is 19.1 Å². The minimum absolute atomic E-state index is 0.344. The monoisotopic (exact) mass is 386 g/mol. The van der Waals surface area contributed by atoms with Crippen molar-refractivity contribution >= 4 is 10.0 Å². The summed E-state index contributed by atoms with van der Waals surface area (Å²) in [5, 5.41) is 0. The summed E-state index contributed by atoms with van der Waals surface area (Å²) in [4.78, 5) is 2.86. The number of rotatable bonds is 7. The molecule has 2 atom stereocenters. The maximum Gasteiger partial charge on any atom is 0.240 e. The van der Waals surface area contributed by atoms with Crippen molar-refractivity contribution in [1.29, 1.82) is 0 Å². The summed E-state index contributed by atoms with van der Waals surface area (Å²) in [5.74, 6) is 0.344. The molecule has 1 N–H and O–H groups in total. The summed E-state index contributed by atoms with van der Waals surface area (Å²) in [7, 11) is -3.44. The van der Waals surface area contributed by atoms with Crippen molar-refractivity contribution in [3.05, 3.63) is 65.7 Å². The van der Waals surface area contributed by atoms with Crippen molar-refractivity contribution < 1.29 is 8.42 Å². The average molecular weight is 387 g/mol. The normalized spacial score (nSPS) is 19.7. The molecule has 1 heterocycles. The number of sulfonamides is 1. The van der Waals surface area contributed by atoms with E-state index in [0.29, 0.717) is 23.4 Å². The van der Waals surface area contributed by atoms with E-state index in [1.165, 1.54) is 5.56 Å². The first-order valence-electron chi connectivity index (χ1n) is 9.85. The molecule has 1 aliphatic rings. The highest BCUT2D eigenvalue weighted by Gasteiger charge is 2.27. The first-order valence-corrected chi connectivity index (χ1v) is 11.3. The van der Waals surface area contributed by atoms with Crippen molar-refractivity contribution in [2.24, 2.45) is 5.92 Å². The van der Waals surface area contributed by atoms with Crippen LogP contribution in [0.4, 0.5) is 0 Å². The number of nitrogens with zero attached hydrogens (tertiary/aromatic N) is 1. The number of likely N-dealkylation sites (tertiary alicyclic amines) is 1. The molecule has 0 bridgehead atoms. The first kappa shape index (κ1) is 20.1. The second kappa shape index (κ2) is 9.00. The Kier molecular flexibility index (Phi) is 6.68. The molecule has 0 spiro atoms. The summed E-state index contributed by atoms with van der Waals surface area (Å²) < 4.78 is 27.9. The fraction of sp³-hybridized carbons (Fsp3) is 0.455. The van der Waals surface area contributed by atoms with E-state index >= 15 is 0 Å². The Morgan fingerprint density at radius 1 is 1.11 bits per heavy atom. The van der Waals surface area contributed by atoms with Gasteiger partial charge in [-0.3, -0.25) is 4.90 Å². The van der Waals surface area contributed by atoms with E-state index in [0.717, 1.165) is 37.9 Å². The summed E-state index contributed by atoms with van der Waals surface area (Å²) in [6.07, 6.45) is 3.24. The van der Waals surface area contributed by atoms with E-state index in [-0.39, 0.29) is 0 Å². The third kappa shape index (κ3) is 5.18. The Balaban J connectivity index is 1.62. The van der Waals surface area contributed by atoms with Crippen molar-refractivity contribution in [1.82, 2.24) is 9.62 Å². The summed E-state index contributed by atoms with van der Waals surface area (Å²) in [6, 6.07) is 18.0. The van der Waals surface area contributed by atoms with Crippen molar-refractivity contribution in [2.75, 3.05) is 19.6 Å². The Morgan fingerprint density at radius 3 is 2.48 bits per heavy atom. The molecule has 3 rings (SSSR count). The van der Waals surface area contributed by atoms with E-state index in [2.05, 4.69) is 46.9 Å². The van der Waals surface area contributed by atoms with Crippen LogP contribution in [0.15, 0.2) is 59.5 Å². The van der Waals surface area contributed by atoms with Crippen molar-refractivity contribution in [3.8, 4) is 0 Å². The van der Waals surface area contributed by atoms with E-state index in [1.807, 2.05) is 19.1 Å². The number of piperidine rings is 1. The Hall–Kier alpha value is -1.69. The molecule has 2 aromatic carbocycles. The molecule has 0 radical (unpaired) electrons. The van der Waals surface area contributed by atoms with Crippen LogP contribution in [0.2, 0.25) is 0 Å². The molecule has 4 nitrogen and oxygen atoms in total. The standard InChI is InChI=1S/C22H30N2O2S/c1-3-22(20-9-5-4-6-10-20)24-15-7-8-19(17-24)16-23-27(25,26)21-13-11-18(2)12-14-21/h4-6,9-14,19,22-23H,3,7-8,15-17H2,1-2H3. The Bertz CT molecular complexity index is 819. The third-order valence-corrected chi connectivity index (χ3v) is 6.90. The predicted molar refractivity (Wildman–Crippen MR) is 110 cm³/mol. The van der Waals surface area contributed by atoms with Crippen molar-refractivity contribution in [3.63, 3.8) is 0 Å². The molecule has 1 aliphatic heterocycles. The molecular weight excluding hydrogens is 356 g/mol. The lowest BCUT2D eigenvalue weighted by Gasteiger charge is -2.38. The molecule has 0 aromatic heterocycles. The number of aryl methyl sites for hydroxylation is 1. The smallest absolute Gasteiger partial charge is 0.240 e. The average Bonchev–Trinajstić information content (AvgIpc) is 2.69. The van der Waals surface area contributed by atoms with Crippen LogP contribution in [0.1, 0.15) is 43.4 Å². The Labute approximate surface area is 163 Å². The van der Waals surface area contributed by atoms with E-state index in [1.54, 1.807) is 12.1 Å². The molecular formula is C22H30N2O2S. The van der Waals surface area contributed by atoms with Crippen LogP contribution in [0.25, 0.3) is 0 Å². The summed E-state index contributed by atoms with van der Waals surface area (Å²) >= 11 is 0. The predicted octanol–water partition coefficient (Wildman–Crippen LogP) is 4.14. The third-order valence-electron chi connectivity index (χ3n) is 5.46. The quantitative estimate of drug-likeness (QED) is 0.778. The van der Waals surface area contributed by atoms with E-state index in [9.17, 15) is 8.42 Å². The number of benzene rings is 2. The Morgan fingerprint density at radius 2 is 1.81 bits per heavy atom. The van der Waals surface area contributed by atoms with Gasteiger partial charge in [-0.2, -0.15) is 0 Å². The van der Waals surface area contributed by atoms with Gasteiger partial charge in [0.15, 0.2) is 0 Å². The lowest BCUT2D eigenvalue weighted by molar-refractivity contribution is 0.121. The van der Waals surface area contributed by atoms with Crippen LogP contribution in [0.5, 0.6) is 0 Å². The molecule has 0 amide bonds. The zero-order chi connectivity index (χ0) is 19.3. The van der Waals surface area contributed by atoms with Crippen molar-refractivity contribution in [2.45, 2.75) is 44.0 Å². The summed E-state index contributed by atoms with van der Waals surface area (Å²) in [6.45, 7) is 6.69. The highest BCUT2D eigenvalue weighted by molar-refractivity contribution is 7.89. The highest BCUT2D eigenvalue weighted by Crippen LogP contribution is 2.29. The molecule has 146 valence electrons. The van der Waals surface area contributed by atoms with Gasteiger partial charge in [-0.25, -0.2) is 13.1 Å². The minimum Gasteiger partial charge on any atom is -0.296 e. The van der Waals surface area contributed by atoms with Crippen LogP contribution in [0.3, 0.4) is 0 Å². The van der Waals surface area contributed by atoms with Crippen LogP contribution in [0, 0.1) is 12.8 Å². The van der Waals surface area contributed by atoms with Gasteiger partial charge in [-0.15, -0.1) is 0 Å². The van der Waals surface area contributed by atoms with Gasteiger partial charge in [0.2, 0.25) is 10.0 Å². The number of hydrogen-bond acceptors (Lipinski definition) is 3. The van der Waals surface area contributed by atoms with Gasteiger partial charge < -0.3 is 0 Å². The van der Waals surface area contributed by atoms with Crippen LogP contribution < -0.4 is 4.72 Å². The van der Waals surface area contributed by atoms with Gasteiger partial charge in [-0.1, -0.05) is 55.0 Å². The largest absolute Gasteiger partial charge is 0.296 e. The van der Waals surface area contributed by atoms with Gasteiger partial charge in [0.25, 0.3) is 0 Å². The van der Waals surface area contributed by atoms with Crippen LogP contribution >= 0.6 is 0 Å². The highest BCUT2D eigenvalue weighted by atomic mass is 32.2. The zero-order valence-electron chi connectivity index (χ0n) is 16.3. The maximum absolute atomic E-state index is 12.6. The molecule has 1 saturated heterocycles.